The first-order valence-electron chi connectivity index (χ1n) is 5.66. The number of rotatable bonds is 4. The summed E-state index contributed by atoms with van der Waals surface area (Å²) >= 11 is 10.8. The lowest BCUT2D eigenvalue weighted by molar-refractivity contribution is 0.263. The smallest absolute Gasteiger partial charge is 0.257 e. The van der Waals surface area contributed by atoms with Crippen LogP contribution >= 0.6 is 38.9 Å². The lowest BCUT2D eigenvalue weighted by Crippen LogP contribution is -1.96. The summed E-state index contributed by atoms with van der Waals surface area (Å²) in [5.74, 6) is 1.61. The molecule has 0 fully saturated rings. The summed E-state index contributed by atoms with van der Waals surface area (Å²) in [7, 11) is 0. The second-order valence-corrected chi connectivity index (χ2v) is 6.08. The molecule has 3 rings (SSSR count). The molecule has 0 aliphatic heterocycles. The van der Waals surface area contributed by atoms with Crippen molar-refractivity contribution in [1.29, 1.82) is 0 Å². The molecule has 0 bridgehead atoms. The van der Waals surface area contributed by atoms with Gasteiger partial charge in [0.2, 0.25) is 0 Å². The van der Waals surface area contributed by atoms with Gasteiger partial charge < -0.3 is 9.15 Å². The van der Waals surface area contributed by atoms with Crippen LogP contribution in [0.5, 0.6) is 5.75 Å². The second kappa shape index (κ2) is 5.95. The predicted molar refractivity (Wildman–Crippen MR) is 81.1 cm³/mol. The minimum atomic E-state index is 0.207. The average molecular weight is 372 g/mol. The van der Waals surface area contributed by atoms with Gasteiger partial charge in [-0.1, -0.05) is 17.7 Å². The number of ether oxygens (including phenoxy) is 1. The Bertz CT molecular complexity index is 715. The molecular formula is C13H8BrClN2O2S. The summed E-state index contributed by atoms with van der Waals surface area (Å²) in [6.07, 6.45) is 0. The van der Waals surface area contributed by atoms with Crippen LogP contribution in [0.25, 0.3) is 10.8 Å². The Hall–Kier alpha value is -1.37. The Labute approximate surface area is 132 Å². The van der Waals surface area contributed by atoms with E-state index >= 15 is 0 Å². The predicted octanol–water partition coefficient (Wildman–Crippen LogP) is 4.79. The van der Waals surface area contributed by atoms with Crippen molar-refractivity contribution >= 4 is 38.9 Å². The van der Waals surface area contributed by atoms with Gasteiger partial charge in [-0.2, -0.15) is 0 Å². The maximum atomic E-state index is 5.87. The van der Waals surface area contributed by atoms with E-state index in [1.165, 1.54) is 0 Å². The second-order valence-electron chi connectivity index (χ2n) is 3.84. The van der Waals surface area contributed by atoms with E-state index in [-0.39, 0.29) is 6.61 Å². The molecule has 0 saturated heterocycles. The van der Waals surface area contributed by atoms with Crippen molar-refractivity contribution in [2.24, 2.45) is 0 Å². The highest BCUT2D eigenvalue weighted by Crippen LogP contribution is 2.29. The van der Waals surface area contributed by atoms with Crippen LogP contribution in [0.2, 0.25) is 5.02 Å². The van der Waals surface area contributed by atoms with Crippen LogP contribution < -0.4 is 4.74 Å². The third-order valence-electron chi connectivity index (χ3n) is 2.44. The lowest BCUT2D eigenvalue weighted by atomic mass is 10.3. The fraction of sp³-hybridized carbons (Fsp3) is 0.0769. The Morgan fingerprint density at radius 1 is 1.30 bits per heavy atom. The van der Waals surface area contributed by atoms with E-state index in [1.807, 2.05) is 17.5 Å². The standard InChI is InChI=1S/C13H8BrClN2O2S/c14-9-6-8(15)3-4-10(9)18-7-12-16-17-13(19-12)11-2-1-5-20-11/h1-6H,7H2. The third kappa shape index (κ3) is 3.03. The number of hydrogen-bond acceptors (Lipinski definition) is 5. The highest BCUT2D eigenvalue weighted by molar-refractivity contribution is 9.10. The normalized spacial score (nSPS) is 10.7. The summed E-state index contributed by atoms with van der Waals surface area (Å²) in [5, 5.41) is 10.5. The van der Waals surface area contributed by atoms with Crippen molar-refractivity contribution in [3.63, 3.8) is 0 Å². The Morgan fingerprint density at radius 3 is 2.95 bits per heavy atom. The van der Waals surface area contributed by atoms with Crippen LogP contribution in [0.4, 0.5) is 0 Å². The monoisotopic (exact) mass is 370 g/mol. The number of aromatic nitrogens is 2. The molecule has 0 radical (unpaired) electrons. The van der Waals surface area contributed by atoms with Gasteiger partial charge in [-0.25, -0.2) is 0 Å². The molecule has 7 heteroatoms. The molecule has 102 valence electrons. The summed E-state index contributed by atoms with van der Waals surface area (Å²) in [6, 6.07) is 9.17. The fourth-order valence-corrected chi connectivity index (χ4v) is 2.98. The first-order valence-corrected chi connectivity index (χ1v) is 7.71. The molecule has 0 aliphatic carbocycles. The van der Waals surface area contributed by atoms with Crippen LogP contribution in [0.1, 0.15) is 5.89 Å². The highest BCUT2D eigenvalue weighted by atomic mass is 79.9. The molecule has 0 saturated carbocycles. The van der Waals surface area contributed by atoms with E-state index in [4.69, 9.17) is 20.8 Å². The maximum absolute atomic E-state index is 5.87. The van der Waals surface area contributed by atoms with E-state index in [2.05, 4.69) is 26.1 Å². The number of halogens is 2. The molecule has 0 N–H and O–H groups in total. The average Bonchev–Trinajstić information content (AvgIpc) is 3.08. The van der Waals surface area contributed by atoms with Crippen molar-refractivity contribution in [1.82, 2.24) is 10.2 Å². The minimum Gasteiger partial charge on any atom is -0.483 e. The van der Waals surface area contributed by atoms with Gasteiger partial charge in [-0.3, -0.25) is 0 Å². The van der Waals surface area contributed by atoms with E-state index in [0.717, 1.165) is 9.35 Å². The molecule has 2 aromatic heterocycles. The molecule has 0 aliphatic rings. The Kier molecular flexibility index (Phi) is 4.05. The minimum absolute atomic E-state index is 0.207. The summed E-state index contributed by atoms with van der Waals surface area (Å²) in [6.45, 7) is 0.207. The van der Waals surface area contributed by atoms with Crippen molar-refractivity contribution < 1.29 is 9.15 Å². The highest BCUT2D eigenvalue weighted by Gasteiger charge is 2.10. The molecule has 3 aromatic rings. The molecule has 20 heavy (non-hydrogen) atoms. The van der Waals surface area contributed by atoms with Gasteiger partial charge in [0.25, 0.3) is 11.8 Å². The van der Waals surface area contributed by atoms with Crippen molar-refractivity contribution in [3.05, 3.63) is 51.1 Å². The zero-order valence-corrected chi connectivity index (χ0v) is 13.2. The molecule has 1 aromatic carbocycles. The topological polar surface area (TPSA) is 48.2 Å². The van der Waals surface area contributed by atoms with E-state index in [1.54, 1.807) is 29.5 Å². The summed E-state index contributed by atoms with van der Waals surface area (Å²) < 4.78 is 11.9. The van der Waals surface area contributed by atoms with Gasteiger partial charge >= 0.3 is 0 Å². The van der Waals surface area contributed by atoms with Gasteiger partial charge in [0.05, 0.1) is 9.35 Å². The van der Waals surface area contributed by atoms with Crippen LogP contribution in [-0.2, 0) is 6.61 Å². The largest absolute Gasteiger partial charge is 0.483 e. The Balaban J connectivity index is 1.70. The van der Waals surface area contributed by atoms with Crippen LogP contribution in [-0.4, -0.2) is 10.2 Å². The van der Waals surface area contributed by atoms with Gasteiger partial charge in [0, 0.05) is 5.02 Å². The van der Waals surface area contributed by atoms with Crippen LogP contribution in [0, 0.1) is 0 Å². The molecule has 0 spiro atoms. The maximum Gasteiger partial charge on any atom is 0.257 e. The van der Waals surface area contributed by atoms with Crippen LogP contribution in [0.3, 0.4) is 0 Å². The third-order valence-corrected chi connectivity index (χ3v) is 4.16. The number of benzene rings is 1. The molecule has 2 heterocycles. The fourth-order valence-electron chi connectivity index (χ4n) is 1.54. The van der Waals surface area contributed by atoms with Gasteiger partial charge in [0.1, 0.15) is 5.75 Å². The van der Waals surface area contributed by atoms with Crippen molar-refractivity contribution in [3.8, 4) is 16.5 Å². The lowest BCUT2D eigenvalue weighted by Gasteiger charge is -2.05. The zero-order chi connectivity index (χ0) is 13.9. The molecule has 0 atom stereocenters. The first-order chi connectivity index (χ1) is 9.72. The molecule has 4 nitrogen and oxygen atoms in total. The number of nitrogens with zero attached hydrogens (tertiary/aromatic N) is 2. The molecule has 0 amide bonds. The van der Waals surface area contributed by atoms with Crippen molar-refractivity contribution in [2.45, 2.75) is 6.61 Å². The van der Waals surface area contributed by atoms with Gasteiger partial charge in [0.15, 0.2) is 6.61 Å². The number of hydrogen-bond donors (Lipinski definition) is 0. The van der Waals surface area contributed by atoms with Crippen molar-refractivity contribution in [2.75, 3.05) is 0 Å². The van der Waals surface area contributed by atoms with Gasteiger partial charge in [-0.15, -0.1) is 21.5 Å². The summed E-state index contributed by atoms with van der Waals surface area (Å²) in [5.41, 5.74) is 0. The van der Waals surface area contributed by atoms with E-state index in [9.17, 15) is 0 Å². The summed E-state index contributed by atoms with van der Waals surface area (Å²) in [4.78, 5) is 0.941. The molecule has 0 unspecified atom stereocenters. The van der Waals surface area contributed by atoms with E-state index < -0.39 is 0 Å². The van der Waals surface area contributed by atoms with Crippen LogP contribution in [0.15, 0.2) is 44.6 Å². The SMILES string of the molecule is Clc1ccc(OCc2nnc(-c3cccs3)o2)c(Br)c1. The zero-order valence-electron chi connectivity index (χ0n) is 10.0. The number of thiophene rings is 1. The quantitative estimate of drug-likeness (QED) is 0.661. The van der Waals surface area contributed by atoms with Gasteiger partial charge in [-0.05, 0) is 45.6 Å². The van der Waals surface area contributed by atoms with E-state index in [0.29, 0.717) is 22.6 Å². The first kappa shape index (κ1) is 13.6. The Morgan fingerprint density at radius 2 is 2.20 bits per heavy atom. The molecular weight excluding hydrogens is 364 g/mol.